The van der Waals surface area contributed by atoms with Gasteiger partial charge in [-0.05, 0) is 47.4 Å². The fraction of sp³-hybridized carbons (Fsp3) is 0.353. The average Bonchev–Trinajstić information content (AvgIpc) is 3.23. The summed E-state index contributed by atoms with van der Waals surface area (Å²) in [5.41, 5.74) is 3.25. The molecule has 6 heteroatoms. The van der Waals surface area contributed by atoms with Gasteiger partial charge in [-0.15, -0.1) is 0 Å². The molecule has 0 unspecified atom stereocenters. The van der Waals surface area contributed by atoms with Crippen LogP contribution in [0.1, 0.15) is 31.5 Å². The van der Waals surface area contributed by atoms with Crippen LogP contribution in [-0.2, 0) is 4.79 Å². The average molecular weight is 326 g/mol. The molecule has 1 amide bonds. The zero-order chi connectivity index (χ0) is 15.8. The molecule has 0 N–H and O–H groups in total. The van der Waals surface area contributed by atoms with Gasteiger partial charge in [0.25, 0.3) is 0 Å². The number of hydrogen-bond donors (Lipinski definition) is 0. The fourth-order valence-electron chi connectivity index (χ4n) is 3.13. The monoisotopic (exact) mass is 326 g/mol. The molecule has 3 aromatic rings. The van der Waals surface area contributed by atoms with Crippen LogP contribution >= 0.6 is 11.3 Å². The van der Waals surface area contributed by atoms with Crippen molar-refractivity contribution in [1.82, 2.24) is 19.5 Å². The molecular weight excluding hydrogens is 308 g/mol. The molecule has 1 aliphatic rings. The SMILES string of the molecule is CC(=O)N1CCC(c2nc3ccc(-c4ccsc4)cn3n2)CC1. The molecule has 0 spiro atoms. The van der Waals surface area contributed by atoms with E-state index in [1.165, 1.54) is 5.56 Å². The molecule has 3 aromatic heterocycles. The molecule has 118 valence electrons. The number of aromatic nitrogens is 3. The molecule has 0 radical (unpaired) electrons. The summed E-state index contributed by atoms with van der Waals surface area (Å²) in [6, 6.07) is 6.23. The van der Waals surface area contributed by atoms with Gasteiger partial charge in [-0.2, -0.15) is 16.4 Å². The van der Waals surface area contributed by atoms with Gasteiger partial charge in [0.05, 0.1) is 0 Å². The fourth-order valence-corrected chi connectivity index (χ4v) is 3.79. The van der Waals surface area contributed by atoms with Crippen molar-refractivity contribution in [3.63, 3.8) is 0 Å². The van der Waals surface area contributed by atoms with E-state index in [9.17, 15) is 4.79 Å². The van der Waals surface area contributed by atoms with Crippen molar-refractivity contribution in [2.24, 2.45) is 0 Å². The summed E-state index contributed by atoms with van der Waals surface area (Å²) in [7, 11) is 0. The van der Waals surface area contributed by atoms with E-state index in [4.69, 9.17) is 0 Å². The number of nitrogens with zero attached hydrogens (tertiary/aromatic N) is 4. The molecule has 0 saturated carbocycles. The number of pyridine rings is 1. The van der Waals surface area contributed by atoms with Crippen LogP contribution in [0.15, 0.2) is 35.2 Å². The minimum absolute atomic E-state index is 0.159. The van der Waals surface area contributed by atoms with Crippen LogP contribution < -0.4 is 0 Å². The topological polar surface area (TPSA) is 50.5 Å². The highest BCUT2D eigenvalue weighted by Gasteiger charge is 2.25. The summed E-state index contributed by atoms with van der Waals surface area (Å²) in [4.78, 5) is 18.0. The van der Waals surface area contributed by atoms with Crippen molar-refractivity contribution in [3.8, 4) is 11.1 Å². The predicted molar refractivity (Wildman–Crippen MR) is 90.5 cm³/mol. The minimum Gasteiger partial charge on any atom is -0.343 e. The number of amides is 1. The standard InChI is InChI=1S/C17H18N4OS/c1-12(22)20-7-4-13(5-8-20)17-18-16-3-2-14(10-21(16)19-17)15-6-9-23-11-15/h2-3,6,9-11,13H,4-5,7-8H2,1H3. The van der Waals surface area contributed by atoms with E-state index in [0.717, 1.165) is 43.0 Å². The lowest BCUT2D eigenvalue weighted by Crippen LogP contribution is -2.36. The third-order valence-electron chi connectivity index (χ3n) is 4.51. The molecule has 5 nitrogen and oxygen atoms in total. The Balaban J connectivity index is 1.59. The summed E-state index contributed by atoms with van der Waals surface area (Å²) < 4.78 is 1.87. The van der Waals surface area contributed by atoms with Gasteiger partial charge in [-0.1, -0.05) is 0 Å². The van der Waals surface area contributed by atoms with E-state index in [0.29, 0.717) is 5.92 Å². The van der Waals surface area contributed by atoms with E-state index in [2.05, 4.69) is 33.0 Å². The summed E-state index contributed by atoms with van der Waals surface area (Å²) in [6.07, 6.45) is 3.92. The van der Waals surface area contributed by atoms with Crippen molar-refractivity contribution < 1.29 is 4.79 Å². The summed E-state index contributed by atoms with van der Waals surface area (Å²) in [6.45, 7) is 3.24. The first-order chi connectivity index (χ1) is 11.2. The molecule has 23 heavy (non-hydrogen) atoms. The Hall–Kier alpha value is -2.21. The van der Waals surface area contributed by atoms with Crippen molar-refractivity contribution in [2.75, 3.05) is 13.1 Å². The number of rotatable bonds is 2. The Morgan fingerprint density at radius 1 is 1.22 bits per heavy atom. The van der Waals surface area contributed by atoms with E-state index in [1.54, 1.807) is 18.3 Å². The highest BCUT2D eigenvalue weighted by Crippen LogP contribution is 2.27. The van der Waals surface area contributed by atoms with Crippen LogP contribution in [-0.4, -0.2) is 38.5 Å². The maximum Gasteiger partial charge on any atom is 0.219 e. The second kappa shape index (κ2) is 5.77. The maximum atomic E-state index is 11.4. The van der Waals surface area contributed by atoms with Gasteiger partial charge < -0.3 is 4.90 Å². The Morgan fingerprint density at radius 3 is 2.74 bits per heavy atom. The number of hydrogen-bond acceptors (Lipinski definition) is 4. The van der Waals surface area contributed by atoms with Crippen LogP contribution in [0.2, 0.25) is 0 Å². The predicted octanol–water partition coefficient (Wildman–Crippen LogP) is 3.18. The van der Waals surface area contributed by atoms with Gasteiger partial charge in [0.1, 0.15) is 0 Å². The Kier molecular flexibility index (Phi) is 3.61. The molecule has 0 bridgehead atoms. The molecule has 0 aliphatic carbocycles. The molecular formula is C17H18N4OS. The first-order valence-corrected chi connectivity index (χ1v) is 8.79. The number of piperidine rings is 1. The summed E-state index contributed by atoms with van der Waals surface area (Å²) in [5, 5.41) is 8.90. The number of carbonyl (C=O) groups is 1. The van der Waals surface area contributed by atoms with Crippen molar-refractivity contribution in [3.05, 3.63) is 41.0 Å². The van der Waals surface area contributed by atoms with Gasteiger partial charge >= 0.3 is 0 Å². The van der Waals surface area contributed by atoms with Crippen LogP contribution in [0, 0.1) is 0 Å². The molecule has 0 atom stereocenters. The van der Waals surface area contributed by atoms with E-state index in [1.807, 2.05) is 21.7 Å². The smallest absolute Gasteiger partial charge is 0.219 e. The van der Waals surface area contributed by atoms with Crippen molar-refractivity contribution in [2.45, 2.75) is 25.7 Å². The lowest BCUT2D eigenvalue weighted by Gasteiger charge is -2.29. The minimum atomic E-state index is 0.159. The summed E-state index contributed by atoms with van der Waals surface area (Å²) in [5.74, 6) is 1.40. The molecule has 4 heterocycles. The molecule has 1 fully saturated rings. The van der Waals surface area contributed by atoms with Crippen molar-refractivity contribution in [1.29, 1.82) is 0 Å². The van der Waals surface area contributed by atoms with Crippen LogP contribution in [0.5, 0.6) is 0 Å². The first-order valence-electron chi connectivity index (χ1n) is 7.85. The van der Waals surface area contributed by atoms with E-state index in [-0.39, 0.29) is 5.91 Å². The van der Waals surface area contributed by atoms with Crippen molar-refractivity contribution >= 4 is 22.9 Å². The van der Waals surface area contributed by atoms with Gasteiger partial charge in [0.2, 0.25) is 5.91 Å². The van der Waals surface area contributed by atoms with Gasteiger partial charge in [0.15, 0.2) is 11.5 Å². The number of thiophene rings is 1. The Morgan fingerprint density at radius 2 is 2.04 bits per heavy atom. The van der Waals surface area contributed by atoms with Crippen LogP contribution in [0.4, 0.5) is 0 Å². The quantitative estimate of drug-likeness (QED) is 0.727. The highest BCUT2D eigenvalue weighted by molar-refractivity contribution is 7.08. The second-order valence-corrected chi connectivity index (χ2v) is 6.76. The molecule has 1 aliphatic heterocycles. The zero-order valence-corrected chi connectivity index (χ0v) is 13.8. The lowest BCUT2D eigenvalue weighted by molar-refractivity contribution is -0.129. The van der Waals surface area contributed by atoms with Gasteiger partial charge in [-0.25, -0.2) is 9.50 Å². The number of fused-ring (bicyclic) bond motifs is 1. The van der Waals surface area contributed by atoms with E-state index >= 15 is 0 Å². The second-order valence-electron chi connectivity index (χ2n) is 5.98. The highest BCUT2D eigenvalue weighted by atomic mass is 32.1. The molecule has 1 saturated heterocycles. The molecule has 4 rings (SSSR count). The number of likely N-dealkylation sites (tertiary alicyclic amines) is 1. The zero-order valence-electron chi connectivity index (χ0n) is 13.0. The maximum absolute atomic E-state index is 11.4. The first kappa shape index (κ1) is 14.4. The van der Waals surface area contributed by atoms with Gasteiger partial charge in [-0.3, -0.25) is 4.79 Å². The Bertz CT molecular complexity index is 832. The van der Waals surface area contributed by atoms with Crippen LogP contribution in [0.25, 0.3) is 16.8 Å². The number of carbonyl (C=O) groups excluding carboxylic acids is 1. The van der Waals surface area contributed by atoms with Gasteiger partial charge in [0, 0.05) is 37.7 Å². The lowest BCUT2D eigenvalue weighted by atomic mass is 9.96. The molecule has 0 aromatic carbocycles. The summed E-state index contributed by atoms with van der Waals surface area (Å²) >= 11 is 1.69. The third kappa shape index (κ3) is 2.74. The third-order valence-corrected chi connectivity index (χ3v) is 5.19. The van der Waals surface area contributed by atoms with E-state index < -0.39 is 0 Å². The largest absolute Gasteiger partial charge is 0.343 e. The Labute approximate surface area is 138 Å². The van der Waals surface area contributed by atoms with Crippen LogP contribution in [0.3, 0.4) is 0 Å². The normalized spacial score (nSPS) is 16.1.